The maximum Gasteiger partial charge on any atom is 0.343 e. The fraction of sp³-hybridized carbons (Fsp3) is 0.238. The second kappa shape index (κ2) is 8.27. The molecule has 0 aliphatic heterocycles. The molecule has 0 atom stereocenters. The van der Waals surface area contributed by atoms with Crippen LogP contribution in [0, 0.1) is 13.8 Å². The topological polar surface area (TPSA) is 53.4 Å². The number of methoxy groups -OCH3 is 1. The third kappa shape index (κ3) is 4.49. The molecule has 0 fully saturated rings. The average molecular weight is 385 g/mol. The third-order valence-corrected chi connectivity index (χ3v) is 4.64. The lowest BCUT2D eigenvalue weighted by atomic mass is 10.1. The van der Waals surface area contributed by atoms with Crippen molar-refractivity contribution in [3.05, 3.63) is 81.6 Å². The second-order valence-electron chi connectivity index (χ2n) is 6.32. The highest BCUT2D eigenvalue weighted by atomic mass is 35.5. The summed E-state index contributed by atoms with van der Waals surface area (Å²) in [6.45, 7) is 4.43. The number of esters is 1. The summed E-state index contributed by atoms with van der Waals surface area (Å²) in [7, 11) is 1.61. The lowest BCUT2D eigenvalue weighted by Gasteiger charge is -2.07. The Kier molecular flexibility index (Phi) is 5.81. The Morgan fingerprint density at radius 3 is 2.30 bits per heavy atom. The van der Waals surface area contributed by atoms with E-state index in [4.69, 9.17) is 21.1 Å². The maximum atomic E-state index is 12.5. The monoisotopic (exact) mass is 384 g/mol. The molecule has 6 heteroatoms. The normalized spacial score (nSPS) is 10.7. The highest BCUT2D eigenvalue weighted by Gasteiger charge is 2.22. The maximum absolute atomic E-state index is 12.5. The molecule has 0 bridgehead atoms. The van der Waals surface area contributed by atoms with Gasteiger partial charge in [-0.25, -0.2) is 9.48 Å². The van der Waals surface area contributed by atoms with Crippen molar-refractivity contribution in [2.45, 2.75) is 27.0 Å². The van der Waals surface area contributed by atoms with Crippen LogP contribution in [0.25, 0.3) is 0 Å². The molecule has 27 heavy (non-hydrogen) atoms. The van der Waals surface area contributed by atoms with Crippen LogP contribution in [-0.4, -0.2) is 22.9 Å². The minimum absolute atomic E-state index is 0.155. The van der Waals surface area contributed by atoms with Crippen LogP contribution in [0.4, 0.5) is 0 Å². The molecule has 0 saturated heterocycles. The molecule has 1 heterocycles. The molecule has 0 radical (unpaired) electrons. The zero-order chi connectivity index (χ0) is 19.4. The number of rotatable bonds is 6. The zero-order valence-electron chi connectivity index (χ0n) is 15.5. The number of aromatic nitrogens is 2. The van der Waals surface area contributed by atoms with Gasteiger partial charge in [0.15, 0.2) is 0 Å². The van der Waals surface area contributed by atoms with E-state index in [1.165, 1.54) is 5.56 Å². The molecule has 0 amide bonds. The van der Waals surface area contributed by atoms with Gasteiger partial charge in [0.05, 0.1) is 19.3 Å². The number of ether oxygens (including phenoxy) is 2. The summed E-state index contributed by atoms with van der Waals surface area (Å²) >= 11 is 6.41. The minimum atomic E-state index is -0.483. The molecule has 2 aromatic carbocycles. The van der Waals surface area contributed by atoms with Crippen molar-refractivity contribution in [1.82, 2.24) is 9.78 Å². The second-order valence-corrected chi connectivity index (χ2v) is 6.68. The van der Waals surface area contributed by atoms with E-state index in [1.54, 1.807) is 18.7 Å². The number of halogens is 1. The third-order valence-electron chi connectivity index (χ3n) is 4.25. The molecule has 0 spiro atoms. The summed E-state index contributed by atoms with van der Waals surface area (Å²) in [5.74, 6) is 0.268. The Hall–Kier alpha value is -2.79. The van der Waals surface area contributed by atoms with E-state index in [0.29, 0.717) is 17.8 Å². The number of carbonyl (C=O) groups is 1. The highest BCUT2D eigenvalue weighted by Crippen LogP contribution is 2.23. The van der Waals surface area contributed by atoms with Crippen LogP contribution in [0.15, 0.2) is 48.5 Å². The first kappa shape index (κ1) is 19.0. The van der Waals surface area contributed by atoms with Gasteiger partial charge in [-0.1, -0.05) is 53.6 Å². The van der Waals surface area contributed by atoms with Crippen LogP contribution < -0.4 is 4.74 Å². The summed E-state index contributed by atoms with van der Waals surface area (Å²) in [5.41, 5.74) is 3.96. The molecule has 5 nitrogen and oxygen atoms in total. The quantitative estimate of drug-likeness (QED) is 0.584. The Balaban J connectivity index is 1.70. The summed E-state index contributed by atoms with van der Waals surface area (Å²) < 4.78 is 12.1. The number of benzene rings is 2. The van der Waals surface area contributed by atoms with E-state index in [0.717, 1.165) is 16.9 Å². The lowest BCUT2D eigenvalue weighted by Crippen LogP contribution is -2.07. The Morgan fingerprint density at radius 2 is 1.67 bits per heavy atom. The van der Waals surface area contributed by atoms with Crippen LogP contribution >= 0.6 is 11.6 Å². The van der Waals surface area contributed by atoms with Gasteiger partial charge in [0.25, 0.3) is 0 Å². The van der Waals surface area contributed by atoms with Gasteiger partial charge in [-0.2, -0.15) is 5.10 Å². The number of nitrogens with zero attached hydrogens (tertiary/aromatic N) is 2. The van der Waals surface area contributed by atoms with E-state index >= 15 is 0 Å². The molecule has 140 valence electrons. The van der Waals surface area contributed by atoms with Gasteiger partial charge in [0, 0.05) is 0 Å². The largest absolute Gasteiger partial charge is 0.497 e. The van der Waals surface area contributed by atoms with Crippen LogP contribution in [0.3, 0.4) is 0 Å². The van der Waals surface area contributed by atoms with Crippen molar-refractivity contribution in [2.24, 2.45) is 0 Å². The summed E-state index contributed by atoms with van der Waals surface area (Å²) in [6, 6.07) is 15.4. The first-order chi connectivity index (χ1) is 13.0. The van der Waals surface area contributed by atoms with Crippen molar-refractivity contribution < 1.29 is 14.3 Å². The summed E-state index contributed by atoms with van der Waals surface area (Å²) in [4.78, 5) is 12.5. The van der Waals surface area contributed by atoms with Crippen LogP contribution in [-0.2, 0) is 17.9 Å². The molecule has 3 rings (SSSR count). The molecule has 0 aliphatic carbocycles. The predicted octanol–water partition coefficient (Wildman–Crippen LogP) is 4.57. The summed E-state index contributed by atoms with van der Waals surface area (Å²) in [5, 5.41) is 4.68. The van der Waals surface area contributed by atoms with Crippen molar-refractivity contribution in [2.75, 3.05) is 7.11 Å². The van der Waals surface area contributed by atoms with Gasteiger partial charge in [0.2, 0.25) is 0 Å². The Morgan fingerprint density at radius 1 is 1.04 bits per heavy atom. The first-order valence-electron chi connectivity index (χ1n) is 8.56. The van der Waals surface area contributed by atoms with Crippen LogP contribution in [0.2, 0.25) is 5.15 Å². The van der Waals surface area contributed by atoms with E-state index in [2.05, 4.69) is 5.10 Å². The smallest absolute Gasteiger partial charge is 0.343 e. The predicted molar refractivity (Wildman–Crippen MR) is 104 cm³/mol. The van der Waals surface area contributed by atoms with Crippen LogP contribution in [0.1, 0.15) is 32.7 Å². The van der Waals surface area contributed by atoms with Gasteiger partial charge in [-0.15, -0.1) is 0 Å². The SMILES string of the molecule is COc1ccc(COC(=O)c2c(C)nn(Cc3ccc(C)cc3)c2Cl)cc1. The van der Waals surface area contributed by atoms with E-state index < -0.39 is 5.97 Å². The summed E-state index contributed by atoms with van der Waals surface area (Å²) in [6.07, 6.45) is 0. The van der Waals surface area contributed by atoms with Crippen molar-refractivity contribution >= 4 is 17.6 Å². The van der Waals surface area contributed by atoms with Crippen molar-refractivity contribution in [3.8, 4) is 5.75 Å². The average Bonchev–Trinajstić information content (AvgIpc) is 2.95. The molecule has 0 unspecified atom stereocenters. The van der Waals surface area contributed by atoms with Gasteiger partial charge in [-0.05, 0) is 37.1 Å². The van der Waals surface area contributed by atoms with Gasteiger partial charge < -0.3 is 9.47 Å². The highest BCUT2D eigenvalue weighted by molar-refractivity contribution is 6.32. The fourth-order valence-electron chi connectivity index (χ4n) is 2.70. The molecule has 0 aliphatic rings. The molecular weight excluding hydrogens is 364 g/mol. The van der Waals surface area contributed by atoms with Crippen molar-refractivity contribution in [1.29, 1.82) is 0 Å². The van der Waals surface area contributed by atoms with Gasteiger partial charge in [0.1, 0.15) is 23.1 Å². The van der Waals surface area contributed by atoms with E-state index in [-0.39, 0.29) is 11.8 Å². The Bertz CT molecular complexity index is 931. The molecule has 0 saturated carbocycles. The number of hydrogen-bond donors (Lipinski definition) is 0. The Labute approximate surface area is 163 Å². The van der Waals surface area contributed by atoms with Gasteiger partial charge in [-0.3, -0.25) is 0 Å². The fourth-order valence-corrected chi connectivity index (χ4v) is 3.01. The molecule has 3 aromatic rings. The lowest BCUT2D eigenvalue weighted by molar-refractivity contribution is 0.0472. The minimum Gasteiger partial charge on any atom is -0.497 e. The number of aryl methyl sites for hydroxylation is 2. The van der Waals surface area contributed by atoms with E-state index in [9.17, 15) is 4.79 Å². The van der Waals surface area contributed by atoms with Crippen LogP contribution in [0.5, 0.6) is 5.75 Å². The van der Waals surface area contributed by atoms with Gasteiger partial charge >= 0.3 is 5.97 Å². The molecular formula is C21H21ClN2O3. The zero-order valence-corrected chi connectivity index (χ0v) is 16.3. The first-order valence-corrected chi connectivity index (χ1v) is 8.94. The number of hydrogen-bond acceptors (Lipinski definition) is 4. The molecule has 1 aromatic heterocycles. The molecule has 0 N–H and O–H groups in total. The van der Waals surface area contributed by atoms with Crippen molar-refractivity contribution in [3.63, 3.8) is 0 Å². The van der Waals surface area contributed by atoms with E-state index in [1.807, 2.05) is 55.5 Å². The standard InChI is InChI=1S/C21H21ClN2O3/c1-14-4-6-16(7-5-14)12-24-20(22)19(15(2)23-24)21(25)27-13-17-8-10-18(26-3)11-9-17/h4-11H,12-13H2,1-3H3. The number of carbonyl (C=O) groups excluding carboxylic acids is 1.